The molecule has 0 unspecified atom stereocenters. The van der Waals surface area contributed by atoms with Crippen LogP contribution in [-0.4, -0.2) is 23.9 Å². The molecule has 0 aliphatic heterocycles. The highest BCUT2D eigenvalue weighted by atomic mass is 16.4. The maximum absolute atomic E-state index is 10.1. The second kappa shape index (κ2) is 4.11. The lowest BCUT2D eigenvalue weighted by Gasteiger charge is -1.89. The molecule has 0 saturated heterocycles. The number of oxime groups is 1. The van der Waals surface area contributed by atoms with E-state index >= 15 is 0 Å². The lowest BCUT2D eigenvalue weighted by atomic mass is 10.6. The molecule has 0 heterocycles. The van der Waals surface area contributed by atoms with Gasteiger partial charge in [-0.2, -0.15) is 0 Å². The summed E-state index contributed by atoms with van der Waals surface area (Å²) < 4.78 is 0. The Morgan fingerprint density at radius 1 is 2.00 bits per heavy atom. The second-order valence-corrected chi connectivity index (χ2v) is 0.990. The molecule has 0 saturated carbocycles. The maximum atomic E-state index is 10.1. The van der Waals surface area contributed by atoms with Crippen LogP contribution in [0.25, 0.3) is 0 Å². The first-order valence-electron chi connectivity index (χ1n) is 1.96. The number of hydrogen-bond acceptors (Lipinski definition) is 3. The summed E-state index contributed by atoms with van der Waals surface area (Å²) in [5.41, 5.74) is 0. The normalized spacial score (nSPS) is 9.62. The van der Waals surface area contributed by atoms with Crippen molar-refractivity contribution in [3.63, 3.8) is 0 Å². The Morgan fingerprint density at radius 2 is 2.62 bits per heavy atom. The molecular weight excluding hydrogens is 108 g/mol. The van der Waals surface area contributed by atoms with Crippen LogP contribution in [0.4, 0.5) is 0 Å². The monoisotopic (exact) mass is 114 g/mol. The number of nitrogens with zero attached hydrogens (tertiary/aromatic N) is 1. The van der Waals surface area contributed by atoms with Crippen molar-refractivity contribution in [2.45, 2.75) is 0 Å². The minimum Gasteiger partial charge on any atom is -0.411 e. The molecule has 0 bridgehead atoms. The fourth-order valence-electron chi connectivity index (χ4n) is 0.199. The third kappa shape index (κ3) is 3.14. The van der Waals surface area contributed by atoms with Gasteiger partial charge in [0, 0.05) is 6.54 Å². The van der Waals surface area contributed by atoms with Crippen molar-refractivity contribution in [1.82, 2.24) is 5.32 Å². The Kier molecular flexibility index (Phi) is 3.56. The number of amides is 1. The molecule has 1 amide bonds. The molecule has 0 rings (SSSR count). The second-order valence-electron chi connectivity index (χ2n) is 0.990. The maximum Gasteiger partial charge on any atom is 0.265 e. The lowest BCUT2D eigenvalue weighted by molar-refractivity contribution is -0.114. The van der Waals surface area contributed by atoms with Crippen LogP contribution >= 0.6 is 0 Å². The summed E-state index contributed by atoms with van der Waals surface area (Å²) in [5.74, 6) is -0.505. The predicted molar refractivity (Wildman–Crippen MR) is 27.6 cm³/mol. The molecule has 2 radical (unpaired) electrons. The van der Waals surface area contributed by atoms with Crippen molar-refractivity contribution in [3.05, 3.63) is 6.92 Å². The van der Waals surface area contributed by atoms with E-state index in [0.717, 1.165) is 6.21 Å². The van der Waals surface area contributed by atoms with E-state index in [1.165, 1.54) is 0 Å². The van der Waals surface area contributed by atoms with Gasteiger partial charge >= 0.3 is 0 Å². The van der Waals surface area contributed by atoms with E-state index in [1.54, 1.807) is 0 Å². The van der Waals surface area contributed by atoms with Gasteiger partial charge in [0.15, 0.2) is 0 Å². The quantitative estimate of drug-likeness (QED) is 0.282. The van der Waals surface area contributed by atoms with Crippen LogP contribution in [-0.2, 0) is 4.79 Å². The molecule has 0 fully saturated rings. The SMILES string of the molecule is [CH]CNC(=O)/C=N/O. The molecule has 0 aromatic heterocycles. The van der Waals surface area contributed by atoms with Gasteiger partial charge in [-0.25, -0.2) is 0 Å². The van der Waals surface area contributed by atoms with Crippen LogP contribution in [0.1, 0.15) is 0 Å². The fraction of sp³-hybridized carbons (Fsp3) is 0.250. The molecular formula is C4H6N2O2. The first-order chi connectivity index (χ1) is 3.81. The molecule has 0 aliphatic rings. The Labute approximate surface area is 47.2 Å². The number of nitrogens with one attached hydrogen (secondary N) is 1. The zero-order valence-corrected chi connectivity index (χ0v) is 4.16. The predicted octanol–water partition coefficient (Wildman–Crippen LogP) is -0.726. The zero-order valence-electron chi connectivity index (χ0n) is 4.16. The summed E-state index contributed by atoms with van der Waals surface area (Å²) in [6.07, 6.45) is 0.729. The zero-order chi connectivity index (χ0) is 6.41. The van der Waals surface area contributed by atoms with Crippen molar-refractivity contribution in [2.75, 3.05) is 6.54 Å². The third-order valence-corrected chi connectivity index (χ3v) is 0.451. The van der Waals surface area contributed by atoms with Crippen molar-refractivity contribution >= 4 is 12.1 Å². The number of hydrogen-bond donors (Lipinski definition) is 2. The van der Waals surface area contributed by atoms with E-state index < -0.39 is 5.91 Å². The van der Waals surface area contributed by atoms with Gasteiger partial charge < -0.3 is 10.5 Å². The molecule has 8 heavy (non-hydrogen) atoms. The summed E-state index contributed by atoms with van der Waals surface area (Å²) in [4.78, 5) is 10.1. The van der Waals surface area contributed by atoms with Gasteiger partial charge in [0.05, 0.1) is 0 Å². The first-order valence-corrected chi connectivity index (χ1v) is 1.96. The highest BCUT2D eigenvalue weighted by Gasteiger charge is 1.88. The van der Waals surface area contributed by atoms with Gasteiger partial charge in [0.1, 0.15) is 6.21 Å². The van der Waals surface area contributed by atoms with Gasteiger partial charge in [0.2, 0.25) is 0 Å². The van der Waals surface area contributed by atoms with Crippen molar-refractivity contribution in [3.8, 4) is 0 Å². The van der Waals surface area contributed by atoms with Crippen LogP contribution in [0.2, 0.25) is 0 Å². The summed E-state index contributed by atoms with van der Waals surface area (Å²) in [6, 6.07) is 0. The summed E-state index contributed by atoms with van der Waals surface area (Å²) in [7, 11) is 0. The minimum atomic E-state index is -0.505. The highest BCUT2D eigenvalue weighted by molar-refractivity contribution is 6.25. The summed E-state index contributed by atoms with van der Waals surface area (Å²) in [6.45, 7) is 4.93. The molecule has 44 valence electrons. The smallest absolute Gasteiger partial charge is 0.265 e. The van der Waals surface area contributed by atoms with E-state index in [2.05, 4.69) is 10.5 Å². The topological polar surface area (TPSA) is 61.7 Å². The molecule has 0 atom stereocenters. The number of rotatable bonds is 2. The fourth-order valence-corrected chi connectivity index (χ4v) is 0.199. The molecule has 4 nitrogen and oxygen atoms in total. The highest BCUT2D eigenvalue weighted by Crippen LogP contribution is 1.56. The van der Waals surface area contributed by atoms with E-state index in [1.807, 2.05) is 0 Å². The van der Waals surface area contributed by atoms with E-state index in [9.17, 15) is 4.79 Å². The summed E-state index contributed by atoms with van der Waals surface area (Å²) >= 11 is 0. The average Bonchev–Trinajstić information content (AvgIpc) is 1.68. The molecule has 0 spiro atoms. The van der Waals surface area contributed by atoms with Gasteiger partial charge in [-0.3, -0.25) is 4.79 Å². The lowest BCUT2D eigenvalue weighted by Crippen LogP contribution is -2.23. The molecule has 0 aromatic carbocycles. The molecule has 4 heteroatoms. The van der Waals surface area contributed by atoms with Crippen LogP contribution in [0, 0.1) is 6.92 Å². The average molecular weight is 114 g/mol. The van der Waals surface area contributed by atoms with Crippen LogP contribution < -0.4 is 5.32 Å². The molecule has 2 N–H and O–H groups in total. The third-order valence-electron chi connectivity index (χ3n) is 0.451. The first kappa shape index (κ1) is 6.94. The minimum absolute atomic E-state index is 0.0465. The van der Waals surface area contributed by atoms with E-state index in [-0.39, 0.29) is 6.54 Å². The Bertz CT molecular complexity index is 100. The van der Waals surface area contributed by atoms with Crippen LogP contribution in [0.3, 0.4) is 0 Å². The Hall–Kier alpha value is -1.06. The van der Waals surface area contributed by atoms with Gasteiger partial charge in [0.25, 0.3) is 5.91 Å². The summed E-state index contributed by atoms with van der Waals surface area (Å²) in [5, 5.41) is 12.4. The molecule has 0 aromatic rings. The van der Waals surface area contributed by atoms with Gasteiger partial charge in [-0.15, -0.1) is 0 Å². The van der Waals surface area contributed by atoms with E-state index in [0.29, 0.717) is 0 Å². The van der Waals surface area contributed by atoms with Crippen molar-refractivity contribution in [2.24, 2.45) is 5.16 Å². The van der Waals surface area contributed by atoms with Crippen LogP contribution in [0.15, 0.2) is 5.16 Å². The largest absolute Gasteiger partial charge is 0.411 e. The van der Waals surface area contributed by atoms with Crippen LogP contribution in [0.5, 0.6) is 0 Å². The number of carbonyl (C=O) groups excluding carboxylic acids is 1. The van der Waals surface area contributed by atoms with E-state index in [4.69, 9.17) is 12.1 Å². The molecule has 0 aliphatic carbocycles. The van der Waals surface area contributed by atoms with Gasteiger partial charge in [-0.05, 0) is 6.92 Å². The Balaban J connectivity index is 3.33. The number of carbonyl (C=O) groups is 1. The standard InChI is InChI=1S/C4H6N2O2/c1-2-5-4(7)3-6-8/h1,3,8H,2H2,(H,5,7)/b6-3+. The van der Waals surface area contributed by atoms with Crippen molar-refractivity contribution < 1.29 is 10.0 Å². The van der Waals surface area contributed by atoms with Gasteiger partial charge in [-0.1, -0.05) is 5.16 Å². The van der Waals surface area contributed by atoms with Crippen molar-refractivity contribution in [1.29, 1.82) is 0 Å². The Morgan fingerprint density at radius 3 is 3.00 bits per heavy atom.